The van der Waals surface area contributed by atoms with Crippen molar-refractivity contribution >= 4 is 34.3 Å². The lowest BCUT2D eigenvalue weighted by Gasteiger charge is -2.09. The summed E-state index contributed by atoms with van der Waals surface area (Å²) < 4.78 is 35.9. The topological polar surface area (TPSA) is 51.5 Å². The van der Waals surface area contributed by atoms with Crippen LogP contribution in [-0.2, 0) is 0 Å². The van der Waals surface area contributed by atoms with Crippen LogP contribution in [0.1, 0.15) is 10.6 Å². The molecule has 1 N–H and O–H groups in total. The molecule has 0 saturated carbocycles. The van der Waals surface area contributed by atoms with Crippen molar-refractivity contribution in [3.8, 4) is 5.75 Å². The number of nitrogens with one attached hydrogen (secondary N) is 1. The van der Waals surface area contributed by atoms with E-state index >= 15 is 0 Å². The van der Waals surface area contributed by atoms with Gasteiger partial charge < -0.3 is 14.5 Å². The van der Waals surface area contributed by atoms with Crippen molar-refractivity contribution in [3.63, 3.8) is 0 Å². The number of carbonyl (C=O) groups excluding carboxylic acids is 1. The van der Waals surface area contributed by atoms with Crippen LogP contribution < -0.4 is 10.1 Å². The predicted octanol–water partition coefficient (Wildman–Crippen LogP) is 5.01. The summed E-state index contributed by atoms with van der Waals surface area (Å²) in [6.07, 6.45) is 0. The predicted molar refractivity (Wildman–Crippen MR) is 89.0 cm³/mol. The van der Waals surface area contributed by atoms with Gasteiger partial charge in [0.25, 0.3) is 11.7 Å². The highest BCUT2D eigenvalue weighted by atomic mass is 32.2. The number of alkyl halides is 2. The van der Waals surface area contributed by atoms with Gasteiger partial charge in [0.1, 0.15) is 0 Å². The summed E-state index contributed by atoms with van der Waals surface area (Å²) in [5.41, 5.74) is 0.764. The van der Waals surface area contributed by atoms with Gasteiger partial charge in [-0.1, -0.05) is 36.0 Å². The van der Waals surface area contributed by atoms with Crippen LogP contribution in [0.5, 0.6) is 5.75 Å². The second-order valence-electron chi connectivity index (χ2n) is 4.82. The molecule has 0 unspecified atom stereocenters. The highest BCUT2D eigenvalue weighted by Crippen LogP contribution is 2.33. The first kappa shape index (κ1) is 16.3. The first-order chi connectivity index (χ1) is 11.6. The van der Waals surface area contributed by atoms with E-state index in [2.05, 4.69) is 5.32 Å². The van der Waals surface area contributed by atoms with E-state index in [-0.39, 0.29) is 10.7 Å². The van der Waals surface area contributed by atoms with E-state index < -0.39 is 11.7 Å². The number of fused-ring (bicyclic) bond motifs is 1. The van der Waals surface area contributed by atoms with Crippen LogP contribution in [0.25, 0.3) is 11.0 Å². The molecule has 0 fully saturated rings. The summed E-state index contributed by atoms with van der Waals surface area (Å²) in [5, 5.41) is 3.32. The zero-order valence-corrected chi connectivity index (χ0v) is 13.4. The smallest absolute Gasteiger partial charge is 0.291 e. The van der Waals surface area contributed by atoms with Crippen molar-refractivity contribution in [1.29, 1.82) is 0 Å². The van der Waals surface area contributed by atoms with Crippen LogP contribution in [0.2, 0.25) is 0 Å². The van der Waals surface area contributed by atoms with Gasteiger partial charge in [-0.3, -0.25) is 4.79 Å². The third-order valence-electron chi connectivity index (χ3n) is 3.30. The minimum atomic E-state index is -2.57. The minimum absolute atomic E-state index is 0.0753. The van der Waals surface area contributed by atoms with Crippen molar-refractivity contribution in [1.82, 2.24) is 0 Å². The largest absolute Gasteiger partial charge is 0.493 e. The van der Waals surface area contributed by atoms with E-state index in [0.717, 1.165) is 5.39 Å². The van der Waals surface area contributed by atoms with Crippen LogP contribution in [-0.4, -0.2) is 18.8 Å². The number of carbonyl (C=O) groups is 1. The number of para-hydroxylation sites is 2. The van der Waals surface area contributed by atoms with Crippen molar-refractivity contribution in [3.05, 3.63) is 54.3 Å². The monoisotopic (exact) mass is 349 g/mol. The Kier molecular flexibility index (Phi) is 4.71. The number of ether oxygens (including phenoxy) is 1. The van der Waals surface area contributed by atoms with Crippen molar-refractivity contribution in [2.45, 2.75) is 10.7 Å². The summed E-state index contributed by atoms with van der Waals surface area (Å²) in [5.74, 6) is -2.50. The van der Waals surface area contributed by atoms with Gasteiger partial charge in [-0.15, -0.1) is 0 Å². The molecule has 124 valence electrons. The molecule has 0 aliphatic carbocycles. The third-order valence-corrected chi connectivity index (χ3v) is 4.09. The number of benzene rings is 2. The molecule has 4 nitrogen and oxygen atoms in total. The van der Waals surface area contributed by atoms with Crippen molar-refractivity contribution in [2.75, 3.05) is 12.4 Å². The zero-order valence-electron chi connectivity index (χ0n) is 12.6. The van der Waals surface area contributed by atoms with Gasteiger partial charge in [0.15, 0.2) is 17.1 Å². The van der Waals surface area contributed by atoms with E-state index in [0.29, 0.717) is 28.8 Å². The van der Waals surface area contributed by atoms with E-state index in [1.807, 2.05) is 0 Å². The van der Waals surface area contributed by atoms with Crippen LogP contribution in [0.15, 0.2) is 57.8 Å². The zero-order chi connectivity index (χ0) is 17.1. The van der Waals surface area contributed by atoms with E-state index in [9.17, 15) is 13.6 Å². The van der Waals surface area contributed by atoms with Crippen LogP contribution in [0.4, 0.5) is 14.5 Å². The molecular formula is C17H13F2NO3S. The average molecular weight is 349 g/mol. The number of rotatable bonds is 5. The molecule has 0 atom stereocenters. The first-order valence-corrected chi connectivity index (χ1v) is 7.88. The van der Waals surface area contributed by atoms with E-state index in [1.54, 1.807) is 42.5 Å². The van der Waals surface area contributed by atoms with E-state index in [1.165, 1.54) is 13.2 Å². The van der Waals surface area contributed by atoms with Crippen molar-refractivity contribution in [2.24, 2.45) is 0 Å². The second kappa shape index (κ2) is 6.92. The molecule has 24 heavy (non-hydrogen) atoms. The quantitative estimate of drug-likeness (QED) is 0.658. The normalized spacial score (nSPS) is 11.0. The molecule has 0 saturated heterocycles. The summed E-state index contributed by atoms with van der Waals surface area (Å²) in [6, 6.07) is 13.3. The number of methoxy groups -OCH3 is 1. The SMILES string of the molecule is COc1cccc2cc(C(=O)Nc3ccccc3SC(F)F)oc12. The van der Waals surface area contributed by atoms with Crippen LogP contribution >= 0.6 is 11.8 Å². The van der Waals surface area contributed by atoms with Gasteiger partial charge in [-0.25, -0.2) is 0 Å². The Bertz CT molecular complexity index is 879. The Hall–Kier alpha value is -2.54. The number of thioether (sulfide) groups is 1. The lowest BCUT2D eigenvalue weighted by Crippen LogP contribution is -2.11. The van der Waals surface area contributed by atoms with Gasteiger partial charge in [0, 0.05) is 10.3 Å². The Morgan fingerprint density at radius 2 is 2.00 bits per heavy atom. The minimum Gasteiger partial charge on any atom is -0.493 e. The maximum absolute atomic E-state index is 12.6. The fraction of sp³-hybridized carbons (Fsp3) is 0.118. The van der Waals surface area contributed by atoms with E-state index in [4.69, 9.17) is 9.15 Å². The van der Waals surface area contributed by atoms with Crippen LogP contribution in [0, 0.1) is 0 Å². The molecule has 1 heterocycles. The Morgan fingerprint density at radius 1 is 1.21 bits per heavy atom. The molecule has 1 aromatic heterocycles. The number of amides is 1. The molecule has 2 aromatic carbocycles. The van der Waals surface area contributed by atoms with Gasteiger partial charge >= 0.3 is 0 Å². The van der Waals surface area contributed by atoms with Gasteiger partial charge in [0.2, 0.25) is 0 Å². The number of hydrogen-bond acceptors (Lipinski definition) is 4. The lowest BCUT2D eigenvalue weighted by molar-refractivity contribution is 0.0998. The fourth-order valence-corrected chi connectivity index (χ4v) is 2.86. The molecule has 3 rings (SSSR count). The second-order valence-corrected chi connectivity index (χ2v) is 5.85. The molecule has 0 radical (unpaired) electrons. The molecule has 7 heteroatoms. The summed E-state index contributed by atoms with van der Waals surface area (Å²) in [6.45, 7) is 0. The molecule has 0 bridgehead atoms. The van der Waals surface area contributed by atoms with Crippen LogP contribution in [0.3, 0.4) is 0 Å². The van der Waals surface area contributed by atoms with Gasteiger partial charge in [0.05, 0.1) is 12.8 Å². The molecular weight excluding hydrogens is 336 g/mol. The molecule has 0 aliphatic heterocycles. The Morgan fingerprint density at radius 3 is 2.75 bits per heavy atom. The first-order valence-electron chi connectivity index (χ1n) is 7.00. The van der Waals surface area contributed by atoms with Gasteiger partial charge in [-0.2, -0.15) is 8.78 Å². The molecule has 1 amide bonds. The summed E-state index contributed by atoms with van der Waals surface area (Å²) >= 11 is 0.375. The highest BCUT2D eigenvalue weighted by Gasteiger charge is 2.17. The van der Waals surface area contributed by atoms with Gasteiger partial charge in [-0.05, 0) is 24.3 Å². The lowest BCUT2D eigenvalue weighted by atomic mass is 10.2. The molecule has 3 aromatic rings. The standard InChI is InChI=1S/C17H13F2NO3S/c1-22-12-7-4-5-10-9-13(23-15(10)12)16(21)20-11-6-2-3-8-14(11)24-17(18)19/h2-9,17H,1H3,(H,20,21). The molecule has 0 spiro atoms. The maximum Gasteiger partial charge on any atom is 0.291 e. The third kappa shape index (κ3) is 3.35. The fourth-order valence-electron chi connectivity index (χ4n) is 2.26. The number of anilines is 1. The summed E-state index contributed by atoms with van der Waals surface area (Å²) in [7, 11) is 1.51. The maximum atomic E-state index is 12.6. The van der Waals surface area contributed by atoms with Crippen molar-refractivity contribution < 1.29 is 22.7 Å². The summed E-state index contributed by atoms with van der Waals surface area (Å²) in [4.78, 5) is 12.7. The average Bonchev–Trinajstić information content (AvgIpc) is 3.00. The number of furan rings is 1. The number of hydrogen-bond donors (Lipinski definition) is 1. The Labute approximate surface area is 140 Å². The number of halogens is 2. The molecule has 0 aliphatic rings. The highest BCUT2D eigenvalue weighted by molar-refractivity contribution is 7.99. The Balaban J connectivity index is 1.88.